The topological polar surface area (TPSA) is 81.8 Å². The Labute approximate surface area is 177 Å². The summed E-state index contributed by atoms with van der Waals surface area (Å²) in [7, 11) is 0. The molecule has 3 unspecified atom stereocenters. The van der Waals surface area contributed by atoms with E-state index in [2.05, 4.69) is 21.6 Å². The lowest BCUT2D eigenvalue weighted by atomic mass is 9.86. The van der Waals surface area contributed by atoms with Gasteiger partial charge in [-0.1, -0.05) is 12.1 Å². The molecule has 5 rings (SSSR count). The molecule has 7 nitrogen and oxygen atoms in total. The fraction of sp³-hybridized carbons (Fsp3) is 0.609. The largest absolute Gasteiger partial charge is 0.322 e. The zero-order valence-corrected chi connectivity index (χ0v) is 17.4. The Morgan fingerprint density at radius 1 is 1.07 bits per heavy atom. The predicted octanol–water partition coefficient (Wildman–Crippen LogP) is 1.27. The summed E-state index contributed by atoms with van der Waals surface area (Å²) in [5.41, 5.74) is 2.96. The molecule has 7 heteroatoms. The molecule has 0 spiro atoms. The van der Waals surface area contributed by atoms with Crippen molar-refractivity contribution in [3.05, 3.63) is 34.9 Å². The van der Waals surface area contributed by atoms with Crippen LogP contribution in [0.2, 0.25) is 0 Å². The third-order valence-electron chi connectivity index (χ3n) is 7.38. The fourth-order valence-electron chi connectivity index (χ4n) is 5.71. The molecular formula is C23H30N4O3. The number of carbonyl (C=O) groups excluding carboxylic acids is 3. The molecule has 30 heavy (non-hydrogen) atoms. The van der Waals surface area contributed by atoms with E-state index in [1.54, 1.807) is 4.90 Å². The molecule has 160 valence electrons. The second-order valence-corrected chi connectivity index (χ2v) is 9.23. The van der Waals surface area contributed by atoms with Crippen LogP contribution in [0, 0.1) is 11.8 Å². The van der Waals surface area contributed by atoms with Gasteiger partial charge in [0.25, 0.3) is 5.91 Å². The van der Waals surface area contributed by atoms with Crippen molar-refractivity contribution in [1.29, 1.82) is 0 Å². The van der Waals surface area contributed by atoms with Crippen molar-refractivity contribution in [1.82, 2.24) is 20.4 Å². The first kappa shape index (κ1) is 19.7. The Hall–Kier alpha value is -2.25. The quantitative estimate of drug-likeness (QED) is 0.731. The van der Waals surface area contributed by atoms with Crippen LogP contribution in [0.25, 0.3) is 0 Å². The van der Waals surface area contributed by atoms with Crippen LogP contribution in [0.15, 0.2) is 18.2 Å². The first-order valence-electron chi connectivity index (χ1n) is 11.3. The van der Waals surface area contributed by atoms with E-state index in [1.165, 1.54) is 24.8 Å². The van der Waals surface area contributed by atoms with Gasteiger partial charge in [-0.3, -0.25) is 24.6 Å². The van der Waals surface area contributed by atoms with E-state index in [-0.39, 0.29) is 24.1 Å². The first-order chi connectivity index (χ1) is 14.6. The van der Waals surface area contributed by atoms with Crippen molar-refractivity contribution in [2.75, 3.05) is 26.2 Å². The van der Waals surface area contributed by atoms with Crippen molar-refractivity contribution in [2.24, 2.45) is 11.8 Å². The number of nitrogens with one attached hydrogen (secondary N) is 2. The fourth-order valence-corrected chi connectivity index (χ4v) is 5.71. The highest BCUT2D eigenvalue weighted by Crippen LogP contribution is 2.33. The van der Waals surface area contributed by atoms with E-state index < -0.39 is 6.04 Å². The summed E-state index contributed by atoms with van der Waals surface area (Å²) in [6.07, 6.45) is 4.56. The van der Waals surface area contributed by atoms with Gasteiger partial charge in [-0.25, -0.2) is 0 Å². The zero-order valence-electron chi connectivity index (χ0n) is 17.4. The summed E-state index contributed by atoms with van der Waals surface area (Å²) in [4.78, 5) is 41.0. The molecule has 4 heterocycles. The van der Waals surface area contributed by atoms with Crippen molar-refractivity contribution in [3.8, 4) is 0 Å². The summed E-state index contributed by atoms with van der Waals surface area (Å²) in [6, 6.07) is 5.40. The number of likely N-dealkylation sites (tertiary alicyclic amines) is 1. The predicted molar refractivity (Wildman–Crippen MR) is 111 cm³/mol. The highest BCUT2D eigenvalue weighted by atomic mass is 16.2. The second kappa shape index (κ2) is 8.12. The standard InChI is InChI=1S/C23H30N4O3/c28-21-7-6-20(22(29)25-21)27-14-19-17(3-1-5-18(19)23(27)30)13-26-10-8-16(12-26)15-4-2-9-24-11-15/h1,3,5,15-16,20,24H,2,4,6-14H2,(H,25,28,29). The van der Waals surface area contributed by atoms with Crippen LogP contribution >= 0.6 is 0 Å². The Morgan fingerprint density at radius 3 is 2.77 bits per heavy atom. The SMILES string of the molecule is O=C1CCC(N2Cc3c(CN4CCC(C5CCCNC5)C4)cccc3C2=O)C(=O)N1. The van der Waals surface area contributed by atoms with Gasteiger partial charge in [0.05, 0.1) is 0 Å². The van der Waals surface area contributed by atoms with Gasteiger partial charge in [0.1, 0.15) is 6.04 Å². The molecule has 2 N–H and O–H groups in total. The van der Waals surface area contributed by atoms with Crippen molar-refractivity contribution >= 4 is 17.7 Å². The van der Waals surface area contributed by atoms with Crippen LogP contribution in [-0.4, -0.2) is 59.7 Å². The minimum absolute atomic E-state index is 0.0890. The number of fused-ring (bicyclic) bond motifs is 1. The highest BCUT2D eigenvalue weighted by Gasteiger charge is 2.40. The monoisotopic (exact) mass is 410 g/mol. The molecule has 0 aromatic heterocycles. The maximum Gasteiger partial charge on any atom is 0.255 e. The van der Waals surface area contributed by atoms with Gasteiger partial charge in [-0.15, -0.1) is 0 Å². The Morgan fingerprint density at radius 2 is 1.97 bits per heavy atom. The van der Waals surface area contributed by atoms with Gasteiger partial charge >= 0.3 is 0 Å². The lowest BCUT2D eigenvalue weighted by molar-refractivity contribution is -0.136. The molecule has 3 atom stereocenters. The second-order valence-electron chi connectivity index (χ2n) is 9.23. The summed E-state index contributed by atoms with van der Waals surface area (Å²) in [5.74, 6) is 0.857. The zero-order chi connectivity index (χ0) is 20.7. The van der Waals surface area contributed by atoms with E-state index in [1.807, 2.05) is 12.1 Å². The summed E-state index contributed by atoms with van der Waals surface area (Å²) in [5, 5.41) is 5.92. The van der Waals surface area contributed by atoms with Crippen molar-refractivity contribution in [2.45, 2.75) is 51.2 Å². The smallest absolute Gasteiger partial charge is 0.255 e. The number of benzene rings is 1. The molecule has 4 aliphatic rings. The minimum Gasteiger partial charge on any atom is -0.322 e. The third kappa shape index (κ3) is 3.65. The average Bonchev–Trinajstić information content (AvgIpc) is 3.35. The number of piperidine rings is 2. The van der Waals surface area contributed by atoms with Gasteiger partial charge < -0.3 is 10.2 Å². The summed E-state index contributed by atoms with van der Waals surface area (Å²) in [6.45, 7) is 5.85. The normalized spacial score (nSPS) is 29.9. The number of rotatable bonds is 4. The van der Waals surface area contributed by atoms with Gasteiger partial charge in [0.15, 0.2) is 0 Å². The summed E-state index contributed by atoms with van der Waals surface area (Å²) >= 11 is 0. The first-order valence-corrected chi connectivity index (χ1v) is 11.3. The third-order valence-corrected chi connectivity index (χ3v) is 7.38. The molecule has 4 aliphatic heterocycles. The lowest BCUT2D eigenvalue weighted by Gasteiger charge is -2.29. The van der Waals surface area contributed by atoms with Crippen LogP contribution < -0.4 is 10.6 Å². The van der Waals surface area contributed by atoms with E-state index in [0.29, 0.717) is 18.5 Å². The van der Waals surface area contributed by atoms with Crippen LogP contribution in [0.1, 0.15) is 53.6 Å². The Kier molecular flexibility index (Phi) is 5.33. The van der Waals surface area contributed by atoms with Crippen molar-refractivity contribution in [3.63, 3.8) is 0 Å². The van der Waals surface area contributed by atoms with E-state index in [4.69, 9.17) is 0 Å². The molecular weight excluding hydrogens is 380 g/mol. The van der Waals surface area contributed by atoms with Crippen LogP contribution in [0.5, 0.6) is 0 Å². The Bertz CT molecular complexity index is 864. The average molecular weight is 411 g/mol. The number of imide groups is 1. The van der Waals surface area contributed by atoms with Gasteiger partial charge in [0.2, 0.25) is 11.8 Å². The van der Waals surface area contributed by atoms with Crippen molar-refractivity contribution < 1.29 is 14.4 Å². The molecule has 0 bridgehead atoms. The molecule has 1 aromatic rings. The van der Waals surface area contributed by atoms with Crippen LogP contribution in [-0.2, 0) is 22.7 Å². The maximum atomic E-state index is 13.0. The highest BCUT2D eigenvalue weighted by molar-refractivity contribution is 6.05. The van der Waals surface area contributed by atoms with Gasteiger partial charge in [0, 0.05) is 31.6 Å². The van der Waals surface area contributed by atoms with E-state index in [9.17, 15) is 14.4 Å². The molecule has 3 amide bonds. The number of hydrogen-bond donors (Lipinski definition) is 2. The number of hydrogen-bond acceptors (Lipinski definition) is 5. The summed E-state index contributed by atoms with van der Waals surface area (Å²) < 4.78 is 0. The number of carbonyl (C=O) groups is 3. The maximum absolute atomic E-state index is 13.0. The van der Waals surface area contributed by atoms with Crippen LogP contribution in [0.3, 0.4) is 0 Å². The van der Waals surface area contributed by atoms with E-state index >= 15 is 0 Å². The van der Waals surface area contributed by atoms with Gasteiger partial charge in [-0.2, -0.15) is 0 Å². The lowest BCUT2D eigenvalue weighted by Crippen LogP contribution is -2.52. The molecule has 0 saturated carbocycles. The van der Waals surface area contributed by atoms with Crippen LogP contribution in [0.4, 0.5) is 0 Å². The molecule has 3 fully saturated rings. The Balaban J connectivity index is 1.28. The number of amides is 3. The van der Waals surface area contributed by atoms with E-state index in [0.717, 1.165) is 50.1 Å². The molecule has 1 aromatic carbocycles. The minimum atomic E-state index is -0.551. The number of nitrogens with zero attached hydrogens (tertiary/aromatic N) is 2. The van der Waals surface area contributed by atoms with Gasteiger partial charge in [-0.05, 0) is 74.3 Å². The molecule has 3 saturated heterocycles. The molecule has 0 aliphatic carbocycles. The molecule has 0 radical (unpaired) electrons.